The van der Waals surface area contributed by atoms with Gasteiger partial charge >= 0.3 is 0 Å². The molecule has 0 amide bonds. The van der Waals surface area contributed by atoms with Crippen LogP contribution in [0.25, 0.3) is 11.1 Å². The first kappa shape index (κ1) is 10.7. The Bertz CT molecular complexity index is 527. The Kier molecular flexibility index (Phi) is 2.69. The second-order valence-electron chi connectivity index (χ2n) is 4.34. The number of nitrogen functional groups attached to an aromatic ring is 1. The zero-order valence-corrected chi connectivity index (χ0v) is 10.0. The summed E-state index contributed by atoms with van der Waals surface area (Å²) in [5, 5.41) is 0. The first-order chi connectivity index (χ1) is 7.59. The van der Waals surface area contributed by atoms with Crippen molar-refractivity contribution in [2.45, 2.75) is 20.8 Å². The van der Waals surface area contributed by atoms with Crippen LogP contribution in [0.3, 0.4) is 0 Å². The van der Waals surface area contributed by atoms with Crippen molar-refractivity contribution in [1.82, 2.24) is 0 Å². The molecule has 2 rings (SSSR count). The molecule has 1 nitrogen and oxygen atoms in total. The molecule has 0 fully saturated rings. The van der Waals surface area contributed by atoms with Crippen LogP contribution < -0.4 is 5.73 Å². The molecule has 0 radical (unpaired) electrons. The quantitative estimate of drug-likeness (QED) is 0.712. The van der Waals surface area contributed by atoms with Gasteiger partial charge < -0.3 is 5.73 Å². The maximum absolute atomic E-state index is 6.07. The summed E-state index contributed by atoms with van der Waals surface area (Å²) in [4.78, 5) is 0. The molecule has 0 unspecified atom stereocenters. The van der Waals surface area contributed by atoms with Crippen LogP contribution in [-0.4, -0.2) is 0 Å². The Morgan fingerprint density at radius 1 is 0.875 bits per heavy atom. The lowest BCUT2D eigenvalue weighted by Gasteiger charge is -2.11. The second kappa shape index (κ2) is 4.01. The van der Waals surface area contributed by atoms with E-state index in [0.717, 1.165) is 11.3 Å². The highest BCUT2D eigenvalue weighted by atomic mass is 14.6. The molecule has 16 heavy (non-hydrogen) atoms. The highest BCUT2D eigenvalue weighted by Crippen LogP contribution is 2.30. The highest BCUT2D eigenvalue weighted by molar-refractivity contribution is 5.79. The third-order valence-corrected chi connectivity index (χ3v) is 3.10. The Hall–Kier alpha value is -1.76. The predicted molar refractivity (Wildman–Crippen MR) is 70.5 cm³/mol. The van der Waals surface area contributed by atoms with Gasteiger partial charge in [-0.1, -0.05) is 30.3 Å². The van der Waals surface area contributed by atoms with Crippen molar-refractivity contribution >= 4 is 5.69 Å². The summed E-state index contributed by atoms with van der Waals surface area (Å²) in [5.74, 6) is 0. The van der Waals surface area contributed by atoms with Crippen molar-refractivity contribution in [3.63, 3.8) is 0 Å². The summed E-state index contributed by atoms with van der Waals surface area (Å²) in [7, 11) is 0. The number of benzene rings is 2. The Labute approximate surface area is 96.9 Å². The molecule has 0 saturated carbocycles. The van der Waals surface area contributed by atoms with Crippen molar-refractivity contribution in [2.75, 3.05) is 5.73 Å². The van der Waals surface area contributed by atoms with Gasteiger partial charge in [0.15, 0.2) is 0 Å². The van der Waals surface area contributed by atoms with Crippen LogP contribution in [-0.2, 0) is 0 Å². The first-order valence-corrected chi connectivity index (χ1v) is 5.52. The van der Waals surface area contributed by atoms with Gasteiger partial charge in [0.2, 0.25) is 0 Å². The topological polar surface area (TPSA) is 26.0 Å². The van der Waals surface area contributed by atoms with Gasteiger partial charge in [-0.05, 0) is 49.1 Å². The van der Waals surface area contributed by atoms with Crippen molar-refractivity contribution in [3.05, 3.63) is 53.1 Å². The van der Waals surface area contributed by atoms with E-state index >= 15 is 0 Å². The van der Waals surface area contributed by atoms with E-state index in [0.29, 0.717) is 0 Å². The van der Waals surface area contributed by atoms with Crippen LogP contribution >= 0.6 is 0 Å². The Morgan fingerprint density at radius 2 is 1.62 bits per heavy atom. The average molecular weight is 211 g/mol. The van der Waals surface area contributed by atoms with Crippen molar-refractivity contribution in [2.24, 2.45) is 0 Å². The fourth-order valence-electron chi connectivity index (χ4n) is 1.97. The summed E-state index contributed by atoms with van der Waals surface area (Å²) in [6, 6.07) is 12.6. The lowest BCUT2D eigenvalue weighted by molar-refractivity contribution is 1.34. The van der Waals surface area contributed by atoms with E-state index in [-0.39, 0.29) is 0 Å². The highest BCUT2D eigenvalue weighted by Gasteiger charge is 2.06. The minimum Gasteiger partial charge on any atom is -0.398 e. The predicted octanol–water partition coefficient (Wildman–Crippen LogP) is 3.86. The van der Waals surface area contributed by atoms with Crippen LogP contribution in [0.1, 0.15) is 16.7 Å². The molecular formula is C15H17N. The lowest BCUT2D eigenvalue weighted by atomic mass is 9.95. The SMILES string of the molecule is Cc1ccc(-c2cccc(C)c2C)c(N)c1. The molecule has 0 heterocycles. The number of hydrogen-bond acceptors (Lipinski definition) is 1. The summed E-state index contributed by atoms with van der Waals surface area (Å²) in [6.45, 7) is 6.33. The van der Waals surface area contributed by atoms with Gasteiger partial charge in [-0.25, -0.2) is 0 Å². The largest absolute Gasteiger partial charge is 0.398 e. The standard InChI is InChI=1S/C15H17N/c1-10-7-8-14(15(16)9-10)13-6-4-5-11(2)12(13)3/h4-9H,16H2,1-3H3. The molecule has 1 heteroatoms. The third-order valence-electron chi connectivity index (χ3n) is 3.10. The van der Waals surface area contributed by atoms with Crippen LogP contribution in [0, 0.1) is 20.8 Å². The molecule has 0 saturated heterocycles. The lowest BCUT2D eigenvalue weighted by Crippen LogP contribution is -1.93. The monoisotopic (exact) mass is 211 g/mol. The van der Waals surface area contributed by atoms with Gasteiger partial charge in [0.1, 0.15) is 0 Å². The van der Waals surface area contributed by atoms with Gasteiger partial charge in [-0.15, -0.1) is 0 Å². The van der Waals surface area contributed by atoms with Gasteiger partial charge in [-0.3, -0.25) is 0 Å². The summed E-state index contributed by atoms with van der Waals surface area (Å²) in [5.41, 5.74) is 13.1. The third kappa shape index (κ3) is 1.81. The van der Waals surface area contributed by atoms with E-state index in [1.165, 1.54) is 22.3 Å². The number of anilines is 1. The molecule has 0 atom stereocenters. The van der Waals surface area contributed by atoms with Crippen molar-refractivity contribution in [1.29, 1.82) is 0 Å². The zero-order valence-electron chi connectivity index (χ0n) is 10.0. The molecule has 0 bridgehead atoms. The summed E-state index contributed by atoms with van der Waals surface area (Å²) in [6.07, 6.45) is 0. The molecule has 0 spiro atoms. The van der Waals surface area contributed by atoms with Gasteiger partial charge in [0.25, 0.3) is 0 Å². The van der Waals surface area contributed by atoms with E-state index in [1.54, 1.807) is 0 Å². The average Bonchev–Trinajstić information content (AvgIpc) is 2.23. The van der Waals surface area contributed by atoms with Crippen LogP contribution in [0.15, 0.2) is 36.4 Å². The van der Waals surface area contributed by atoms with Gasteiger partial charge in [0, 0.05) is 11.3 Å². The van der Waals surface area contributed by atoms with E-state index in [9.17, 15) is 0 Å². The fraction of sp³-hybridized carbons (Fsp3) is 0.200. The number of hydrogen-bond donors (Lipinski definition) is 1. The molecule has 0 aromatic heterocycles. The molecule has 2 N–H and O–H groups in total. The normalized spacial score (nSPS) is 10.4. The second-order valence-corrected chi connectivity index (χ2v) is 4.34. The Morgan fingerprint density at radius 3 is 2.31 bits per heavy atom. The van der Waals surface area contributed by atoms with Gasteiger partial charge in [-0.2, -0.15) is 0 Å². The van der Waals surface area contributed by atoms with Crippen LogP contribution in [0.4, 0.5) is 5.69 Å². The van der Waals surface area contributed by atoms with E-state index in [2.05, 4.69) is 51.1 Å². The number of nitrogens with two attached hydrogens (primary N) is 1. The zero-order chi connectivity index (χ0) is 11.7. The maximum Gasteiger partial charge on any atom is 0.0396 e. The molecule has 0 aliphatic rings. The molecule has 2 aromatic rings. The minimum absolute atomic E-state index is 0.855. The van der Waals surface area contributed by atoms with Crippen LogP contribution in [0.5, 0.6) is 0 Å². The van der Waals surface area contributed by atoms with E-state index in [4.69, 9.17) is 5.73 Å². The van der Waals surface area contributed by atoms with E-state index in [1.807, 2.05) is 6.07 Å². The number of rotatable bonds is 1. The minimum atomic E-state index is 0.855. The molecule has 82 valence electrons. The molecule has 2 aromatic carbocycles. The number of aryl methyl sites for hydroxylation is 2. The maximum atomic E-state index is 6.07. The fourth-order valence-corrected chi connectivity index (χ4v) is 1.97. The molecule has 0 aliphatic heterocycles. The molecular weight excluding hydrogens is 194 g/mol. The van der Waals surface area contributed by atoms with Crippen LogP contribution in [0.2, 0.25) is 0 Å². The van der Waals surface area contributed by atoms with Crippen molar-refractivity contribution in [3.8, 4) is 11.1 Å². The summed E-state index contributed by atoms with van der Waals surface area (Å²) >= 11 is 0. The van der Waals surface area contributed by atoms with Crippen molar-refractivity contribution < 1.29 is 0 Å². The van der Waals surface area contributed by atoms with E-state index < -0.39 is 0 Å². The Balaban J connectivity index is 2.63. The van der Waals surface area contributed by atoms with Gasteiger partial charge in [0.05, 0.1) is 0 Å². The summed E-state index contributed by atoms with van der Waals surface area (Å²) < 4.78 is 0. The molecule has 0 aliphatic carbocycles. The first-order valence-electron chi connectivity index (χ1n) is 5.52. The smallest absolute Gasteiger partial charge is 0.0396 e.